The van der Waals surface area contributed by atoms with Gasteiger partial charge in [-0.25, -0.2) is 4.39 Å². The third-order valence-corrected chi connectivity index (χ3v) is 3.12. The Hall–Kier alpha value is -0.940. The fraction of sp³-hybridized carbons (Fsp3) is 0.500. The predicted molar refractivity (Wildman–Crippen MR) is 76.8 cm³/mol. The van der Waals surface area contributed by atoms with Gasteiger partial charge in [0, 0.05) is 13.2 Å². The molecule has 0 aromatic heterocycles. The van der Waals surface area contributed by atoms with Crippen molar-refractivity contribution in [2.75, 3.05) is 13.2 Å². The van der Waals surface area contributed by atoms with Crippen LogP contribution in [0.15, 0.2) is 22.7 Å². The first-order valence-corrected chi connectivity index (χ1v) is 7.15. The molecule has 0 bridgehead atoms. The Morgan fingerprint density at radius 2 is 2.16 bits per heavy atom. The van der Waals surface area contributed by atoms with Crippen molar-refractivity contribution in [2.45, 2.75) is 32.8 Å². The lowest BCUT2D eigenvalue weighted by Gasteiger charge is -2.08. The zero-order valence-electron chi connectivity index (χ0n) is 11.2. The number of benzene rings is 1. The lowest BCUT2D eigenvalue weighted by Crippen LogP contribution is -2.25. The lowest BCUT2D eigenvalue weighted by molar-refractivity contribution is 0.0754. The fourth-order valence-electron chi connectivity index (χ4n) is 1.52. The number of hydrogen-bond acceptors (Lipinski definition) is 2. The van der Waals surface area contributed by atoms with Crippen molar-refractivity contribution in [3.8, 4) is 0 Å². The average molecular weight is 332 g/mol. The van der Waals surface area contributed by atoms with Crippen LogP contribution in [-0.2, 0) is 4.74 Å². The molecule has 0 spiro atoms. The van der Waals surface area contributed by atoms with Crippen LogP contribution >= 0.6 is 15.9 Å². The molecule has 0 aliphatic carbocycles. The maximum atomic E-state index is 13.6. The Kier molecular flexibility index (Phi) is 7.02. The van der Waals surface area contributed by atoms with Crippen molar-refractivity contribution in [3.63, 3.8) is 0 Å². The number of unbranched alkanes of at least 4 members (excludes halogenated alkanes) is 1. The van der Waals surface area contributed by atoms with Gasteiger partial charge >= 0.3 is 0 Å². The second-order valence-corrected chi connectivity index (χ2v) is 5.34. The van der Waals surface area contributed by atoms with E-state index >= 15 is 0 Å². The minimum Gasteiger partial charge on any atom is -0.379 e. The second kappa shape index (κ2) is 8.27. The smallest absolute Gasteiger partial charge is 0.254 e. The van der Waals surface area contributed by atoms with Crippen molar-refractivity contribution >= 4 is 21.8 Å². The maximum Gasteiger partial charge on any atom is 0.254 e. The number of nitrogens with one attached hydrogen (secondary N) is 1. The van der Waals surface area contributed by atoms with Crippen molar-refractivity contribution in [1.29, 1.82) is 0 Å². The highest BCUT2D eigenvalue weighted by Crippen LogP contribution is 2.18. The van der Waals surface area contributed by atoms with Crippen LogP contribution in [0.25, 0.3) is 0 Å². The van der Waals surface area contributed by atoms with Crippen LogP contribution in [0.4, 0.5) is 4.39 Å². The Bertz CT molecular complexity index is 424. The van der Waals surface area contributed by atoms with Gasteiger partial charge in [0.05, 0.1) is 16.1 Å². The molecule has 1 amide bonds. The molecule has 1 N–H and O–H groups in total. The molecule has 1 aromatic carbocycles. The van der Waals surface area contributed by atoms with Crippen LogP contribution in [0.2, 0.25) is 0 Å². The molecule has 0 aliphatic rings. The summed E-state index contributed by atoms with van der Waals surface area (Å²) in [7, 11) is 0. The summed E-state index contributed by atoms with van der Waals surface area (Å²) in [5, 5.41) is 2.70. The summed E-state index contributed by atoms with van der Waals surface area (Å²) in [6.07, 6.45) is 1.92. The van der Waals surface area contributed by atoms with Crippen LogP contribution in [0.5, 0.6) is 0 Å². The molecular formula is C14H19BrFNO2. The first-order valence-electron chi connectivity index (χ1n) is 6.36. The van der Waals surface area contributed by atoms with Gasteiger partial charge in [0.1, 0.15) is 5.82 Å². The Morgan fingerprint density at radius 3 is 2.84 bits per heavy atom. The summed E-state index contributed by atoms with van der Waals surface area (Å²) in [4.78, 5) is 11.8. The van der Waals surface area contributed by atoms with E-state index < -0.39 is 5.82 Å². The zero-order valence-corrected chi connectivity index (χ0v) is 12.8. The van der Waals surface area contributed by atoms with E-state index in [1.807, 2.05) is 13.8 Å². The molecule has 3 nitrogen and oxygen atoms in total. The van der Waals surface area contributed by atoms with Crippen LogP contribution in [0, 0.1) is 5.82 Å². The van der Waals surface area contributed by atoms with E-state index in [0.29, 0.717) is 17.6 Å². The molecule has 5 heteroatoms. The number of ether oxygens (including phenoxy) is 1. The molecule has 0 aliphatic heterocycles. The summed E-state index contributed by atoms with van der Waals surface area (Å²) in [6, 6.07) is 4.67. The van der Waals surface area contributed by atoms with Gasteiger partial charge in [-0.15, -0.1) is 0 Å². The topological polar surface area (TPSA) is 38.3 Å². The average Bonchev–Trinajstić information content (AvgIpc) is 2.36. The molecule has 0 fully saturated rings. The molecule has 19 heavy (non-hydrogen) atoms. The van der Waals surface area contributed by atoms with E-state index in [-0.39, 0.29) is 17.6 Å². The largest absolute Gasteiger partial charge is 0.379 e. The third-order valence-electron chi connectivity index (χ3n) is 2.50. The number of carbonyl (C=O) groups is 1. The number of carbonyl (C=O) groups excluding carboxylic acids is 1. The summed E-state index contributed by atoms with van der Waals surface area (Å²) >= 11 is 3.06. The highest BCUT2D eigenvalue weighted by Gasteiger charge is 2.12. The maximum absolute atomic E-state index is 13.6. The molecular weight excluding hydrogens is 313 g/mol. The van der Waals surface area contributed by atoms with Gasteiger partial charge in [0.25, 0.3) is 5.91 Å². The predicted octanol–water partition coefficient (Wildman–Crippen LogP) is 3.52. The highest BCUT2D eigenvalue weighted by molar-refractivity contribution is 9.10. The third kappa shape index (κ3) is 5.70. The van der Waals surface area contributed by atoms with E-state index in [1.54, 1.807) is 12.1 Å². The molecule has 0 unspecified atom stereocenters. The molecule has 0 heterocycles. The van der Waals surface area contributed by atoms with E-state index in [9.17, 15) is 9.18 Å². The van der Waals surface area contributed by atoms with Gasteiger partial charge in [-0.3, -0.25) is 4.79 Å². The molecule has 0 saturated carbocycles. The van der Waals surface area contributed by atoms with Crippen molar-refractivity contribution < 1.29 is 13.9 Å². The summed E-state index contributed by atoms with van der Waals surface area (Å²) in [5.41, 5.74) is 0.0628. The monoisotopic (exact) mass is 331 g/mol. The van der Waals surface area contributed by atoms with Crippen molar-refractivity contribution in [3.05, 3.63) is 34.1 Å². The first-order chi connectivity index (χ1) is 9.02. The van der Waals surface area contributed by atoms with Gasteiger partial charge in [0.15, 0.2) is 0 Å². The summed E-state index contributed by atoms with van der Waals surface area (Å²) in [6.45, 7) is 5.17. The Labute approximate surface area is 121 Å². The quantitative estimate of drug-likeness (QED) is 0.776. The fourth-order valence-corrected chi connectivity index (χ4v) is 1.89. The van der Waals surface area contributed by atoms with Crippen molar-refractivity contribution in [1.82, 2.24) is 5.32 Å². The van der Waals surface area contributed by atoms with Crippen LogP contribution in [0.1, 0.15) is 37.0 Å². The lowest BCUT2D eigenvalue weighted by atomic mass is 10.2. The van der Waals surface area contributed by atoms with Crippen LogP contribution in [-0.4, -0.2) is 25.2 Å². The molecule has 1 aromatic rings. The van der Waals surface area contributed by atoms with E-state index in [2.05, 4.69) is 21.2 Å². The standard InChI is InChI=1S/C14H19BrFNO2/c1-10(2)19-9-4-3-8-17-14(18)11-6-5-7-12(15)13(11)16/h5-7,10H,3-4,8-9H2,1-2H3,(H,17,18). The van der Waals surface area contributed by atoms with Crippen LogP contribution in [0.3, 0.4) is 0 Å². The van der Waals surface area contributed by atoms with E-state index in [4.69, 9.17) is 4.74 Å². The minimum atomic E-state index is -0.525. The van der Waals surface area contributed by atoms with Gasteiger partial charge < -0.3 is 10.1 Å². The Balaban J connectivity index is 2.30. The molecule has 0 radical (unpaired) electrons. The summed E-state index contributed by atoms with van der Waals surface area (Å²) < 4.78 is 19.3. The molecule has 1 rings (SSSR count). The van der Waals surface area contributed by atoms with Gasteiger partial charge in [0.2, 0.25) is 0 Å². The summed E-state index contributed by atoms with van der Waals surface area (Å²) in [5.74, 6) is -0.910. The van der Waals surface area contributed by atoms with Gasteiger partial charge in [-0.1, -0.05) is 6.07 Å². The minimum absolute atomic E-state index is 0.0628. The SMILES string of the molecule is CC(C)OCCCCNC(=O)c1cccc(Br)c1F. The van der Waals surface area contributed by atoms with Gasteiger partial charge in [-0.2, -0.15) is 0 Å². The first kappa shape index (κ1) is 16.1. The number of hydrogen-bond donors (Lipinski definition) is 1. The van der Waals surface area contributed by atoms with E-state index in [1.165, 1.54) is 6.07 Å². The Morgan fingerprint density at radius 1 is 1.42 bits per heavy atom. The number of amides is 1. The zero-order chi connectivity index (χ0) is 14.3. The molecule has 106 valence electrons. The second-order valence-electron chi connectivity index (χ2n) is 4.48. The highest BCUT2D eigenvalue weighted by atomic mass is 79.9. The van der Waals surface area contributed by atoms with E-state index in [0.717, 1.165) is 12.8 Å². The number of rotatable bonds is 7. The van der Waals surface area contributed by atoms with Crippen molar-refractivity contribution in [2.24, 2.45) is 0 Å². The molecule has 0 atom stereocenters. The molecule has 0 saturated heterocycles. The van der Waals surface area contributed by atoms with Gasteiger partial charge in [-0.05, 0) is 54.8 Å². The number of halogens is 2. The normalized spacial score (nSPS) is 10.8. The van der Waals surface area contributed by atoms with Crippen LogP contribution < -0.4 is 5.32 Å².